The summed E-state index contributed by atoms with van der Waals surface area (Å²) in [5.41, 5.74) is 0.786. The normalized spacial score (nSPS) is 16.4. The zero-order valence-corrected chi connectivity index (χ0v) is 18.4. The van der Waals surface area contributed by atoms with Crippen LogP contribution in [0, 0.1) is 5.92 Å². The van der Waals surface area contributed by atoms with Gasteiger partial charge in [0.1, 0.15) is 18.1 Å². The van der Waals surface area contributed by atoms with Crippen LogP contribution in [0.15, 0.2) is 47.3 Å². The zero-order valence-electron chi connectivity index (χ0n) is 17.6. The number of aromatic nitrogens is 2. The van der Waals surface area contributed by atoms with Gasteiger partial charge in [-0.25, -0.2) is 4.79 Å². The second kappa shape index (κ2) is 8.98. The highest BCUT2D eigenvalue weighted by Gasteiger charge is 2.22. The average Bonchev–Trinajstić information content (AvgIpc) is 2.75. The van der Waals surface area contributed by atoms with Gasteiger partial charge in [0.15, 0.2) is 0 Å². The highest BCUT2D eigenvalue weighted by molar-refractivity contribution is 6.32. The number of para-hydroxylation sites is 1. The Labute approximate surface area is 185 Å². The summed E-state index contributed by atoms with van der Waals surface area (Å²) >= 11 is 6.13. The van der Waals surface area contributed by atoms with E-state index in [9.17, 15) is 9.59 Å². The number of carbonyl (C=O) groups is 1. The number of rotatable bonds is 5. The summed E-state index contributed by atoms with van der Waals surface area (Å²) in [6.45, 7) is 3.82. The van der Waals surface area contributed by atoms with E-state index in [2.05, 4.69) is 22.1 Å². The fourth-order valence-electron chi connectivity index (χ4n) is 4.08. The van der Waals surface area contributed by atoms with Gasteiger partial charge in [-0.15, -0.1) is 0 Å². The number of nitrogens with zero attached hydrogens (tertiary/aromatic N) is 3. The molecule has 1 aromatic heterocycles. The number of hydrogen-bond acceptors (Lipinski definition) is 5. The molecule has 1 atom stereocenters. The number of halogens is 1. The monoisotopic (exact) mass is 440 g/mol. The molecule has 2 heterocycles. The molecular weight excluding hydrogens is 416 g/mol. The van der Waals surface area contributed by atoms with E-state index in [4.69, 9.17) is 16.3 Å². The van der Waals surface area contributed by atoms with E-state index < -0.39 is 5.69 Å². The van der Waals surface area contributed by atoms with Gasteiger partial charge in [0.25, 0.3) is 0 Å². The number of hydrogen-bond donors (Lipinski definition) is 1. The Hall–Kier alpha value is -3.06. The van der Waals surface area contributed by atoms with E-state index in [0.717, 1.165) is 24.9 Å². The molecule has 0 spiro atoms. The number of amides is 1. The maximum Gasteiger partial charge on any atom is 0.350 e. The van der Waals surface area contributed by atoms with Crippen molar-refractivity contribution in [3.63, 3.8) is 0 Å². The van der Waals surface area contributed by atoms with E-state index in [0.29, 0.717) is 33.7 Å². The number of carbonyl (C=O) groups excluding carboxylic acids is 1. The maximum absolute atomic E-state index is 12.9. The van der Waals surface area contributed by atoms with Crippen LogP contribution >= 0.6 is 11.6 Å². The average molecular weight is 441 g/mol. The Kier molecular flexibility index (Phi) is 6.13. The fourth-order valence-corrected chi connectivity index (χ4v) is 4.33. The van der Waals surface area contributed by atoms with Gasteiger partial charge in [-0.3, -0.25) is 9.36 Å². The summed E-state index contributed by atoms with van der Waals surface area (Å²) in [6.07, 6.45) is 2.26. The van der Waals surface area contributed by atoms with Crippen LogP contribution in [-0.2, 0) is 11.3 Å². The van der Waals surface area contributed by atoms with Crippen LogP contribution in [0.3, 0.4) is 0 Å². The second-order valence-electron chi connectivity index (χ2n) is 7.91. The summed E-state index contributed by atoms with van der Waals surface area (Å²) in [4.78, 5) is 32.2. The van der Waals surface area contributed by atoms with Crippen LogP contribution in [-0.4, -0.2) is 35.7 Å². The Morgan fingerprint density at radius 3 is 2.84 bits per heavy atom. The van der Waals surface area contributed by atoms with Crippen molar-refractivity contribution in [1.82, 2.24) is 9.55 Å². The van der Waals surface area contributed by atoms with Gasteiger partial charge in [0, 0.05) is 24.2 Å². The lowest BCUT2D eigenvalue weighted by Gasteiger charge is -2.32. The molecule has 2 aromatic carbocycles. The molecule has 1 aliphatic heterocycles. The van der Waals surface area contributed by atoms with Crippen LogP contribution in [0.4, 0.5) is 11.5 Å². The lowest BCUT2D eigenvalue weighted by Crippen LogP contribution is -2.38. The minimum Gasteiger partial charge on any atom is -0.495 e. The smallest absolute Gasteiger partial charge is 0.350 e. The molecule has 7 nitrogen and oxygen atoms in total. The Bertz CT molecular complexity index is 1180. The lowest BCUT2D eigenvalue weighted by atomic mass is 10.00. The van der Waals surface area contributed by atoms with Gasteiger partial charge < -0.3 is 15.0 Å². The van der Waals surface area contributed by atoms with Gasteiger partial charge in [-0.2, -0.15) is 4.98 Å². The third-order valence-corrected chi connectivity index (χ3v) is 5.86. The van der Waals surface area contributed by atoms with Gasteiger partial charge in [-0.1, -0.05) is 30.7 Å². The molecule has 1 saturated heterocycles. The van der Waals surface area contributed by atoms with Crippen molar-refractivity contribution in [2.75, 3.05) is 30.4 Å². The Balaban J connectivity index is 1.63. The molecule has 8 heteroatoms. The van der Waals surface area contributed by atoms with Gasteiger partial charge >= 0.3 is 5.69 Å². The van der Waals surface area contributed by atoms with E-state index in [1.807, 2.05) is 24.3 Å². The van der Waals surface area contributed by atoms with E-state index >= 15 is 0 Å². The molecule has 1 amide bonds. The van der Waals surface area contributed by atoms with E-state index in [1.165, 1.54) is 18.1 Å². The molecule has 3 aromatic rings. The maximum atomic E-state index is 12.9. The van der Waals surface area contributed by atoms with Crippen LogP contribution < -0.4 is 20.6 Å². The zero-order chi connectivity index (χ0) is 22.0. The SMILES string of the molecule is COc1ccc(NC(=O)Cn2c(=O)nc(N3CCC[C@@H](C)C3)c3ccccc32)cc1Cl. The van der Waals surface area contributed by atoms with Crippen molar-refractivity contribution >= 4 is 39.9 Å². The van der Waals surface area contributed by atoms with Crippen molar-refractivity contribution in [3.05, 3.63) is 58.0 Å². The first-order valence-corrected chi connectivity index (χ1v) is 10.7. The second-order valence-corrected chi connectivity index (χ2v) is 8.32. The summed E-state index contributed by atoms with van der Waals surface area (Å²) < 4.78 is 6.54. The van der Waals surface area contributed by atoms with Crippen molar-refractivity contribution in [2.45, 2.75) is 26.3 Å². The first-order valence-electron chi connectivity index (χ1n) is 10.3. The highest BCUT2D eigenvalue weighted by atomic mass is 35.5. The largest absolute Gasteiger partial charge is 0.495 e. The number of benzene rings is 2. The molecule has 0 aliphatic carbocycles. The van der Waals surface area contributed by atoms with Crippen LogP contribution in [0.5, 0.6) is 5.75 Å². The van der Waals surface area contributed by atoms with Gasteiger partial charge in [-0.05, 0) is 49.1 Å². The molecule has 0 saturated carbocycles. The van der Waals surface area contributed by atoms with Crippen molar-refractivity contribution < 1.29 is 9.53 Å². The highest BCUT2D eigenvalue weighted by Crippen LogP contribution is 2.28. The summed E-state index contributed by atoms with van der Waals surface area (Å²) in [5.74, 6) is 1.44. The lowest BCUT2D eigenvalue weighted by molar-refractivity contribution is -0.116. The molecule has 0 unspecified atom stereocenters. The molecule has 162 valence electrons. The molecular formula is C23H25ClN4O3. The van der Waals surface area contributed by atoms with Gasteiger partial charge in [0.2, 0.25) is 5.91 Å². The number of ether oxygens (including phenoxy) is 1. The summed E-state index contributed by atoms with van der Waals surface area (Å²) in [7, 11) is 1.53. The number of fused-ring (bicyclic) bond motifs is 1. The van der Waals surface area contributed by atoms with Crippen LogP contribution in [0.2, 0.25) is 5.02 Å². The molecule has 1 fully saturated rings. The number of methoxy groups -OCH3 is 1. The van der Waals surface area contributed by atoms with Crippen molar-refractivity contribution in [1.29, 1.82) is 0 Å². The number of anilines is 2. The minimum absolute atomic E-state index is 0.146. The summed E-state index contributed by atoms with van der Waals surface area (Å²) in [5, 5.41) is 4.05. The molecule has 4 rings (SSSR count). The van der Waals surface area contributed by atoms with E-state index in [-0.39, 0.29) is 12.5 Å². The summed E-state index contributed by atoms with van der Waals surface area (Å²) in [6, 6.07) is 12.6. The Morgan fingerprint density at radius 2 is 2.10 bits per heavy atom. The van der Waals surface area contributed by atoms with E-state index in [1.54, 1.807) is 18.2 Å². The molecule has 0 radical (unpaired) electrons. The topological polar surface area (TPSA) is 76.5 Å². The van der Waals surface area contributed by atoms with Crippen molar-refractivity contribution in [3.8, 4) is 5.75 Å². The predicted molar refractivity (Wildman–Crippen MR) is 123 cm³/mol. The molecule has 31 heavy (non-hydrogen) atoms. The van der Waals surface area contributed by atoms with Crippen LogP contribution in [0.25, 0.3) is 10.9 Å². The standard InChI is InChI=1S/C23H25ClN4O3/c1-15-6-5-11-27(13-15)22-17-7-3-4-8-19(17)28(23(30)26-22)14-21(29)25-16-9-10-20(31-2)18(24)12-16/h3-4,7-10,12,15H,5-6,11,13-14H2,1-2H3,(H,25,29)/t15-/m1/s1. The molecule has 1 aliphatic rings. The number of piperidine rings is 1. The number of nitrogens with one attached hydrogen (secondary N) is 1. The first-order chi connectivity index (χ1) is 15.0. The van der Waals surface area contributed by atoms with Gasteiger partial charge in [0.05, 0.1) is 17.6 Å². The van der Waals surface area contributed by atoms with Crippen LogP contribution in [0.1, 0.15) is 19.8 Å². The van der Waals surface area contributed by atoms with Crippen molar-refractivity contribution in [2.24, 2.45) is 5.92 Å². The Morgan fingerprint density at radius 1 is 1.29 bits per heavy atom. The quantitative estimate of drug-likeness (QED) is 0.650. The molecule has 1 N–H and O–H groups in total. The third kappa shape index (κ3) is 4.51. The predicted octanol–water partition coefficient (Wildman–Crippen LogP) is 3.93. The first kappa shape index (κ1) is 21.2. The molecule has 0 bridgehead atoms. The fraction of sp³-hybridized carbons (Fsp3) is 0.348. The minimum atomic E-state index is -0.435. The third-order valence-electron chi connectivity index (χ3n) is 5.56.